The molecule has 4 aromatic rings. The summed E-state index contributed by atoms with van der Waals surface area (Å²) in [6, 6.07) is 19.2. The van der Waals surface area contributed by atoms with Crippen molar-refractivity contribution in [3.63, 3.8) is 0 Å². The molecule has 0 aliphatic carbocycles. The van der Waals surface area contributed by atoms with E-state index >= 15 is 0 Å². The number of hydrogen-bond donors (Lipinski definition) is 1. The van der Waals surface area contributed by atoms with Gasteiger partial charge in [-0.1, -0.05) is 25.1 Å². The molecule has 0 bridgehead atoms. The molecule has 2 aromatic carbocycles. The van der Waals surface area contributed by atoms with Crippen molar-refractivity contribution in [3.8, 4) is 22.8 Å². The molecule has 2 aromatic heterocycles. The Morgan fingerprint density at radius 1 is 1.09 bits per heavy atom. The molecule has 0 saturated carbocycles. The van der Waals surface area contributed by atoms with Gasteiger partial charge < -0.3 is 13.9 Å². The minimum atomic E-state index is -3.48. The topological polar surface area (TPSA) is 97.2 Å². The highest BCUT2D eigenvalue weighted by atomic mass is 32.2. The molecular weight excluding hydrogens is 466 g/mol. The summed E-state index contributed by atoms with van der Waals surface area (Å²) in [5.41, 5.74) is 2.92. The number of para-hydroxylation sites is 1. The van der Waals surface area contributed by atoms with Crippen molar-refractivity contribution in [2.24, 2.45) is 0 Å². The maximum atomic E-state index is 12.2. The molecule has 9 heteroatoms. The third-order valence-corrected chi connectivity index (χ3v) is 7.28. The third-order valence-electron chi connectivity index (χ3n) is 6.11. The molecule has 2 unspecified atom stereocenters. The van der Waals surface area contributed by atoms with Crippen molar-refractivity contribution in [2.75, 3.05) is 24.7 Å². The molecule has 3 heterocycles. The SMILES string of the molecule is CCc1cc2c(C3OC3NC)c(-c3ccc(Oc4ccccc4)cc3)oc2nc1N(C)S(C)(=O)=O. The van der Waals surface area contributed by atoms with Gasteiger partial charge in [0.05, 0.1) is 6.26 Å². The smallest absolute Gasteiger partial charge is 0.233 e. The van der Waals surface area contributed by atoms with E-state index in [1.807, 2.05) is 74.6 Å². The Balaban J connectivity index is 1.60. The van der Waals surface area contributed by atoms with Crippen LogP contribution in [0, 0.1) is 0 Å². The van der Waals surface area contributed by atoms with E-state index in [1.165, 1.54) is 11.4 Å². The first-order valence-electron chi connectivity index (χ1n) is 11.4. The van der Waals surface area contributed by atoms with Crippen molar-refractivity contribution in [1.82, 2.24) is 10.3 Å². The minimum Gasteiger partial charge on any atom is -0.457 e. The van der Waals surface area contributed by atoms with Gasteiger partial charge in [-0.3, -0.25) is 9.62 Å². The summed E-state index contributed by atoms with van der Waals surface area (Å²) < 4.78 is 43.6. The molecular formula is C26H27N3O5S. The minimum absolute atomic E-state index is 0.126. The Morgan fingerprint density at radius 3 is 2.37 bits per heavy atom. The third kappa shape index (κ3) is 4.50. The van der Waals surface area contributed by atoms with Crippen molar-refractivity contribution < 1.29 is 22.3 Å². The van der Waals surface area contributed by atoms with Gasteiger partial charge in [0.15, 0.2) is 0 Å². The number of nitrogens with one attached hydrogen (secondary N) is 1. The Labute approximate surface area is 204 Å². The van der Waals surface area contributed by atoms with E-state index in [0.717, 1.165) is 34.1 Å². The number of aromatic nitrogens is 1. The molecule has 8 nitrogen and oxygen atoms in total. The molecule has 2 atom stereocenters. The van der Waals surface area contributed by atoms with Crippen molar-refractivity contribution >= 4 is 26.9 Å². The fourth-order valence-corrected chi connectivity index (χ4v) is 4.58. The molecule has 1 fully saturated rings. The van der Waals surface area contributed by atoms with Gasteiger partial charge in [0.2, 0.25) is 15.7 Å². The van der Waals surface area contributed by atoms with E-state index in [4.69, 9.17) is 13.9 Å². The molecule has 1 aliphatic rings. The highest BCUT2D eigenvalue weighted by Crippen LogP contribution is 2.47. The van der Waals surface area contributed by atoms with Crippen molar-refractivity contribution in [2.45, 2.75) is 25.7 Å². The number of aryl methyl sites for hydroxylation is 1. The first kappa shape index (κ1) is 23.3. The summed E-state index contributed by atoms with van der Waals surface area (Å²) >= 11 is 0. The summed E-state index contributed by atoms with van der Waals surface area (Å²) in [4.78, 5) is 4.63. The number of anilines is 1. The van der Waals surface area contributed by atoms with Crippen molar-refractivity contribution in [1.29, 1.82) is 0 Å². The number of rotatable bonds is 8. The van der Waals surface area contributed by atoms with Gasteiger partial charge in [-0.25, -0.2) is 8.42 Å². The molecule has 1 saturated heterocycles. The molecule has 0 spiro atoms. The van der Waals surface area contributed by atoms with Crippen LogP contribution in [-0.2, 0) is 21.2 Å². The van der Waals surface area contributed by atoms with E-state index in [2.05, 4.69) is 10.3 Å². The lowest BCUT2D eigenvalue weighted by Crippen LogP contribution is -2.26. The first-order valence-corrected chi connectivity index (χ1v) is 13.2. The number of nitrogens with zero attached hydrogens (tertiary/aromatic N) is 2. The number of likely N-dealkylation sites (N-methyl/N-ethyl adjacent to an activating group) is 1. The molecule has 182 valence electrons. The first-order chi connectivity index (χ1) is 16.8. The van der Waals surface area contributed by atoms with Gasteiger partial charge in [0.1, 0.15) is 35.4 Å². The molecule has 5 rings (SSSR count). The van der Waals surface area contributed by atoms with Crippen LogP contribution < -0.4 is 14.4 Å². The number of ether oxygens (including phenoxy) is 2. The number of sulfonamides is 1. The van der Waals surface area contributed by atoms with Gasteiger partial charge >= 0.3 is 0 Å². The Morgan fingerprint density at radius 2 is 1.77 bits per heavy atom. The Kier molecular flexibility index (Phi) is 6.00. The second kappa shape index (κ2) is 8.99. The number of hydrogen-bond acceptors (Lipinski definition) is 7. The average molecular weight is 494 g/mol. The highest BCUT2D eigenvalue weighted by Gasteiger charge is 2.43. The summed E-state index contributed by atoms with van der Waals surface area (Å²) in [6.07, 6.45) is 1.46. The van der Waals surface area contributed by atoms with E-state index in [0.29, 0.717) is 29.5 Å². The lowest BCUT2D eigenvalue weighted by Gasteiger charge is -2.18. The van der Waals surface area contributed by atoms with Gasteiger partial charge in [-0.05, 0) is 61.5 Å². The van der Waals surface area contributed by atoms with Gasteiger partial charge in [-0.2, -0.15) is 4.98 Å². The number of furan rings is 1. The molecule has 0 amide bonds. The van der Waals surface area contributed by atoms with Crippen LogP contribution in [0.1, 0.15) is 24.2 Å². The monoisotopic (exact) mass is 493 g/mol. The highest BCUT2D eigenvalue weighted by molar-refractivity contribution is 7.92. The van der Waals surface area contributed by atoms with E-state index in [-0.39, 0.29) is 12.3 Å². The molecule has 1 N–H and O–H groups in total. The van der Waals surface area contributed by atoms with Crippen LogP contribution in [0.5, 0.6) is 11.5 Å². The van der Waals surface area contributed by atoms with Crippen LogP contribution in [-0.4, -0.2) is 40.0 Å². The number of fused-ring (bicyclic) bond motifs is 1. The van der Waals surface area contributed by atoms with Crippen LogP contribution in [0.4, 0.5) is 5.82 Å². The van der Waals surface area contributed by atoms with Crippen LogP contribution in [0.25, 0.3) is 22.4 Å². The molecule has 35 heavy (non-hydrogen) atoms. The fourth-order valence-electron chi connectivity index (χ4n) is 4.11. The second-order valence-corrected chi connectivity index (χ2v) is 10.5. The van der Waals surface area contributed by atoms with Gasteiger partial charge in [0, 0.05) is 23.6 Å². The second-order valence-electron chi connectivity index (χ2n) is 8.46. The predicted octanol–water partition coefficient (Wildman–Crippen LogP) is 4.86. The lowest BCUT2D eigenvalue weighted by molar-refractivity contribution is 0.357. The number of benzene rings is 2. The van der Waals surface area contributed by atoms with E-state index in [1.54, 1.807) is 0 Å². The summed E-state index contributed by atoms with van der Waals surface area (Å²) in [6.45, 7) is 1.97. The Bertz CT molecular complexity index is 1470. The fraction of sp³-hybridized carbons (Fsp3) is 0.269. The van der Waals surface area contributed by atoms with Gasteiger partial charge in [0.25, 0.3) is 0 Å². The largest absolute Gasteiger partial charge is 0.457 e. The average Bonchev–Trinajstić information content (AvgIpc) is 3.54. The quantitative estimate of drug-likeness (QED) is 0.350. The van der Waals surface area contributed by atoms with Crippen LogP contribution in [0.3, 0.4) is 0 Å². The summed E-state index contributed by atoms with van der Waals surface area (Å²) in [5.74, 6) is 2.47. The normalized spacial score (nSPS) is 17.5. The van der Waals surface area contributed by atoms with Gasteiger partial charge in [-0.15, -0.1) is 0 Å². The summed E-state index contributed by atoms with van der Waals surface area (Å²) in [7, 11) is -0.135. The lowest BCUT2D eigenvalue weighted by atomic mass is 10.0. The van der Waals surface area contributed by atoms with Crippen LogP contribution in [0.2, 0.25) is 0 Å². The van der Waals surface area contributed by atoms with Crippen LogP contribution >= 0.6 is 0 Å². The summed E-state index contributed by atoms with van der Waals surface area (Å²) in [5, 5.41) is 3.96. The maximum Gasteiger partial charge on any atom is 0.233 e. The predicted molar refractivity (Wildman–Crippen MR) is 135 cm³/mol. The van der Waals surface area contributed by atoms with E-state index in [9.17, 15) is 8.42 Å². The Hall–Kier alpha value is -3.40. The number of epoxide rings is 1. The number of pyridine rings is 1. The zero-order chi connectivity index (χ0) is 24.7. The van der Waals surface area contributed by atoms with Crippen molar-refractivity contribution in [3.05, 3.63) is 71.8 Å². The molecule has 1 aliphatic heterocycles. The zero-order valence-electron chi connectivity index (χ0n) is 20.0. The zero-order valence-corrected chi connectivity index (χ0v) is 20.8. The maximum absolute atomic E-state index is 12.2. The van der Waals surface area contributed by atoms with E-state index < -0.39 is 10.0 Å². The van der Waals surface area contributed by atoms with Crippen LogP contribution in [0.15, 0.2) is 65.1 Å². The molecule has 0 radical (unpaired) electrons. The standard InChI is InChI=1S/C26H27N3O5S/c1-5-16-15-20-21(23-26(27-2)34-23)22(33-25(20)28-24(16)29(3)35(4,30)31)17-11-13-19(14-12-17)32-18-9-7-6-8-10-18/h6-15,23,26-27H,5H2,1-4H3.